The van der Waals surface area contributed by atoms with Gasteiger partial charge in [-0.3, -0.25) is 5.50 Å². The highest BCUT2D eigenvalue weighted by Gasteiger charge is 2.19. The third kappa shape index (κ3) is 6.64. The summed E-state index contributed by atoms with van der Waals surface area (Å²) in [7, 11) is -2.59. The zero-order chi connectivity index (χ0) is 8.20. The fourth-order valence-electron chi connectivity index (χ4n) is 0.424. The van der Waals surface area contributed by atoms with E-state index in [1.54, 1.807) is 0 Å². The van der Waals surface area contributed by atoms with E-state index in [9.17, 15) is 0 Å². The smallest absolute Gasteiger partial charge is 0.242 e. The van der Waals surface area contributed by atoms with Crippen molar-refractivity contribution >= 4 is 16.8 Å². The summed E-state index contributed by atoms with van der Waals surface area (Å²) in [6.45, 7) is 8.82. The first-order chi connectivity index (χ1) is 4.45. The molecule has 10 heavy (non-hydrogen) atoms. The van der Waals surface area contributed by atoms with Gasteiger partial charge in [-0.2, -0.15) is 0 Å². The summed E-state index contributed by atoms with van der Waals surface area (Å²) in [5, 5.41) is 0. The van der Waals surface area contributed by atoms with E-state index < -0.39 is 16.8 Å². The first kappa shape index (κ1) is 10.5. The van der Waals surface area contributed by atoms with Crippen molar-refractivity contribution in [3.05, 3.63) is 0 Å². The highest BCUT2D eigenvalue weighted by molar-refractivity contribution is 7.46. The van der Waals surface area contributed by atoms with E-state index in [-0.39, 0.29) is 0 Å². The summed E-state index contributed by atoms with van der Waals surface area (Å²) in [6, 6.07) is 0. The largest absolute Gasteiger partial charge is 0.364 e. The Hall–Kier alpha value is 0.527. The molecule has 0 aliphatic rings. The van der Waals surface area contributed by atoms with Crippen molar-refractivity contribution in [2.75, 3.05) is 6.61 Å². The Kier molecular flexibility index (Phi) is 4.65. The summed E-state index contributed by atoms with van der Waals surface area (Å²) in [4.78, 5) is 0. The molecule has 0 rings (SSSR count). The van der Waals surface area contributed by atoms with Crippen LogP contribution >= 0.6 is 8.53 Å². The van der Waals surface area contributed by atoms with Crippen molar-refractivity contribution in [2.45, 2.75) is 26.6 Å². The van der Waals surface area contributed by atoms with Crippen LogP contribution in [0.2, 0.25) is 19.6 Å². The number of rotatable bonds is 4. The van der Waals surface area contributed by atoms with Crippen molar-refractivity contribution in [1.29, 1.82) is 0 Å². The van der Waals surface area contributed by atoms with E-state index in [4.69, 9.17) is 14.2 Å². The minimum absolute atomic E-state index is 0.632. The molecule has 0 radical (unpaired) electrons. The molecule has 3 nitrogen and oxygen atoms in total. The van der Waals surface area contributed by atoms with Gasteiger partial charge in [-0.15, -0.1) is 0 Å². The van der Waals surface area contributed by atoms with Gasteiger partial charge in [0.25, 0.3) is 0 Å². The third-order valence-corrected chi connectivity index (χ3v) is 4.04. The van der Waals surface area contributed by atoms with Crippen LogP contribution in [0.3, 0.4) is 0 Å². The molecule has 0 bridgehead atoms. The average molecular weight is 181 g/mol. The molecule has 0 aromatic rings. The van der Waals surface area contributed by atoms with Crippen LogP contribution in [0.15, 0.2) is 0 Å². The highest BCUT2D eigenvalue weighted by atomic mass is 31.2. The van der Waals surface area contributed by atoms with E-state index in [1.165, 1.54) is 0 Å². The number of hydrogen-bond acceptors (Lipinski definition) is 3. The third-order valence-electron chi connectivity index (χ3n) is 0.620. The quantitative estimate of drug-likeness (QED) is 0.533. The molecular weight excluding hydrogens is 165 g/mol. The van der Waals surface area contributed by atoms with Crippen LogP contribution in [0, 0.1) is 0 Å². The van der Waals surface area contributed by atoms with E-state index in [0.717, 1.165) is 0 Å². The first-order valence-electron chi connectivity index (χ1n) is 3.32. The number of nitrogens with two attached hydrogens (primary N) is 1. The molecule has 0 aliphatic heterocycles. The minimum atomic E-state index is -1.48. The molecule has 0 aromatic carbocycles. The van der Waals surface area contributed by atoms with Gasteiger partial charge in [-0.05, 0) is 26.6 Å². The Morgan fingerprint density at radius 3 is 2.20 bits per heavy atom. The predicted octanol–water partition coefficient (Wildman–Crippen LogP) is 2.06. The van der Waals surface area contributed by atoms with Gasteiger partial charge in [0, 0.05) is 0 Å². The topological polar surface area (TPSA) is 44.5 Å². The molecule has 1 atom stereocenters. The summed E-state index contributed by atoms with van der Waals surface area (Å²) >= 11 is 0. The van der Waals surface area contributed by atoms with Crippen LogP contribution in [-0.4, -0.2) is 14.9 Å². The highest BCUT2D eigenvalue weighted by Crippen LogP contribution is 2.32. The molecule has 0 fully saturated rings. The average Bonchev–Trinajstić information content (AvgIpc) is 1.59. The summed E-state index contributed by atoms with van der Waals surface area (Å²) in [5.41, 5.74) is 5.53. The Morgan fingerprint density at radius 1 is 1.40 bits per heavy atom. The molecule has 0 saturated carbocycles. The van der Waals surface area contributed by atoms with Gasteiger partial charge in [0.05, 0.1) is 6.61 Å². The second-order valence-electron chi connectivity index (χ2n) is 2.91. The molecule has 1 unspecified atom stereocenters. The van der Waals surface area contributed by atoms with Crippen LogP contribution in [-0.2, 0) is 8.74 Å². The van der Waals surface area contributed by atoms with Crippen LogP contribution in [0.4, 0.5) is 0 Å². The molecule has 2 N–H and O–H groups in total. The maximum Gasteiger partial charge on any atom is 0.242 e. The van der Waals surface area contributed by atoms with Gasteiger partial charge in [-0.25, -0.2) is 0 Å². The Bertz CT molecular complexity index is 96.1. The SMILES string of the molecule is CCOP(N)O[Si](C)(C)C. The predicted molar refractivity (Wildman–Crippen MR) is 47.2 cm³/mol. The summed E-state index contributed by atoms with van der Waals surface area (Å²) < 4.78 is 10.5. The van der Waals surface area contributed by atoms with Crippen molar-refractivity contribution in [3.63, 3.8) is 0 Å². The van der Waals surface area contributed by atoms with Crippen LogP contribution < -0.4 is 5.50 Å². The van der Waals surface area contributed by atoms with Crippen molar-refractivity contribution < 1.29 is 8.74 Å². The zero-order valence-corrected chi connectivity index (χ0v) is 8.94. The second-order valence-corrected chi connectivity index (χ2v) is 8.69. The second kappa shape index (κ2) is 4.41. The van der Waals surface area contributed by atoms with Crippen LogP contribution in [0.25, 0.3) is 0 Å². The van der Waals surface area contributed by atoms with Crippen molar-refractivity contribution in [3.8, 4) is 0 Å². The fourth-order valence-corrected chi connectivity index (χ4v) is 3.05. The normalized spacial score (nSPS) is 15.3. The van der Waals surface area contributed by atoms with E-state index in [1.807, 2.05) is 6.92 Å². The minimum Gasteiger partial charge on any atom is -0.364 e. The lowest BCUT2D eigenvalue weighted by atomic mass is 10.9. The van der Waals surface area contributed by atoms with E-state index in [0.29, 0.717) is 6.61 Å². The molecule has 0 aliphatic carbocycles. The van der Waals surface area contributed by atoms with E-state index in [2.05, 4.69) is 19.6 Å². The molecular formula is C5H16NO2PSi. The molecule has 5 heteroatoms. The Morgan fingerprint density at radius 2 is 1.90 bits per heavy atom. The van der Waals surface area contributed by atoms with Gasteiger partial charge in [0.1, 0.15) is 0 Å². The first-order valence-corrected chi connectivity index (χ1v) is 7.98. The van der Waals surface area contributed by atoms with Crippen molar-refractivity contribution in [2.24, 2.45) is 5.50 Å². The van der Waals surface area contributed by atoms with Gasteiger partial charge < -0.3 is 8.74 Å². The lowest BCUT2D eigenvalue weighted by Gasteiger charge is -2.20. The van der Waals surface area contributed by atoms with E-state index >= 15 is 0 Å². The fraction of sp³-hybridized carbons (Fsp3) is 1.00. The van der Waals surface area contributed by atoms with Gasteiger partial charge in [0.15, 0.2) is 8.32 Å². The Balaban J connectivity index is 3.47. The molecule has 0 amide bonds. The van der Waals surface area contributed by atoms with Gasteiger partial charge >= 0.3 is 0 Å². The summed E-state index contributed by atoms with van der Waals surface area (Å²) in [6.07, 6.45) is 0. The standard InChI is InChI=1S/C5H16NO2PSi/c1-5-7-9(6)8-10(2,3)4/h5-6H2,1-4H3. The molecule has 0 saturated heterocycles. The monoisotopic (exact) mass is 181 g/mol. The molecule has 0 spiro atoms. The van der Waals surface area contributed by atoms with Crippen LogP contribution in [0.5, 0.6) is 0 Å². The van der Waals surface area contributed by atoms with Gasteiger partial charge in [0.2, 0.25) is 8.53 Å². The number of hydrogen-bond donors (Lipinski definition) is 1. The zero-order valence-electron chi connectivity index (χ0n) is 7.05. The summed E-state index contributed by atoms with van der Waals surface area (Å²) in [5.74, 6) is 0. The van der Waals surface area contributed by atoms with Crippen molar-refractivity contribution in [1.82, 2.24) is 0 Å². The molecule has 0 heterocycles. The lowest BCUT2D eigenvalue weighted by Crippen LogP contribution is -2.24. The lowest BCUT2D eigenvalue weighted by molar-refractivity contribution is 0.333. The maximum absolute atomic E-state index is 5.53. The molecule has 0 aromatic heterocycles. The molecule has 62 valence electrons. The van der Waals surface area contributed by atoms with Crippen LogP contribution in [0.1, 0.15) is 6.92 Å². The maximum atomic E-state index is 5.53. The Labute approximate surface area is 65.0 Å². The van der Waals surface area contributed by atoms with Gasteiger partial charge in [-0.1, -0.05) is 0 Å².